The van der Waals surface area contributed by atoms with Gasteiger partial charge in [0.25, 0.3) is 0 Å². The molecule has 0 spiro atoms. The number of hydrogen-bond acceptors (Lipinski definition) is 3. The normalized spacial score (nSPS) is 11.0. The van der Waals surface area contributed by atoms with Gasteiger partial charge < -0.3 is 9.88 Å². The largest absolute Gasteiger partial charge is 0.324 e. The van der Waals surface area contributed by atoms with Crippen molar-refractivity contribution in [1.82, 2.24) is 14.5 Å². The summed E-state index contributed by atoms with van der Waals surface area (Å²) < 4.78 is 15.4. The molecule has 1 N–H and O–H groups in total. The molecule has 4 nitrogen and oxygen atoms in total. The molecular formula is C20H17FN4. The van der Waals surface area contributed by atoms with Gasteiger partial charge in [-0.05, 0) is 61.4 Å². The lowest BCUT2D eigenvalue weighted by Crippen LogP contribution is -2.00. The van der Waals surface area contributed by atoms with E-state index in [2.05, 4.69) is 41.3 Å². The molecular weight excluding hydrogens is 315 g/mol. The summed E-state index contributed by atoms with van der Waals surface area (Å²) in [5.74, 6) is 0.231. The lowest BCUT2D eigenvalue weighted by atomic mass is 10.1. The van der Waals surface area contributed by atoms with Gasteiger partial charge in [-0.25, -0.2) is 9.37 Å². The van der Waals surface area contributed by atoms with Gasteiger partial charge in [0.1, 0.15) is 11.5 Å². The first-order chi connectivity index (χ1) is 12.1. The summed E-state index contributed by atoms with van der Waals surface area (Å²) in [6.07, 6.45) is 3.63. The molecule has 0 aliphatic carbocycles. The van der Waals surface area contributed by atoms with Crippen LogP contribution < -0.4 is 5.32 Å². The van der Waals surface area contributed by atoms with Gasteiger partial charge in [0.05, 0.1) is 0 Å². The average Bonchev–Trinajstić information content (AvgIpc) is 3.01. The molecule has 0 fully saturated rings. The number of nitrogens with one attached hydrogen (secondary N) is 1. The Labute approximate surface area is 145 Å². The summed E-state index contributed by atoms with van der Waals surface area (Å²) in [5, 5.41) is 4.13. The highest BCUT2D eigenvalue weighted by molar-refractivity contribution is 5.78. The number of fused-ring (bicyclic) bond motifs is 1. The van der Waals surface area contributed by atoms with Gasteiger partial charge in [0.15, 0.2) is 0 Å². The third-order valence-electron chi connectivity index (χ3n) is 4.28. The smallest absolute Gasteiger partial charge is 0.229 e. The van der Waals surface area contributed by atoms with Crippen molar-refractivity contribution in [2.24, 2.45) is 0 Å². The molecule has 0 aliphatic heterocycles. The van der Waals surface area contributed by atoms with Crippen LogP contribution in [0.4, 0.5) is 16.0 Å². The van der Waals surface area contributed by atoms with Crippen molar-refractivity contribution in [2.45, 2.75) is 13.8 Å². The quantitative estimate of drug-likeness (QED) is 0.579. The monoisotopic (exact) mass is 332 g/mol. The van der Waals surface area contributed by atoms with Crippen molar-refractivity contribution in [2.75, 3.05) is 5.32 Å². The Hall–Kier alpha value is -3.21. The number of halogens is 1. The maximum absolute atomic E-state index is 13.5. The maximum Gasteiger partial charge on any atom is 0.229 e. The van der Waals surface area contributed by atoms with Gasteiger partial charge in [-0.1, -0.05) is 12.1 Å². The minimum absolute atomic E-state index is 0.276. The Morgan fingerprint density at radius 3 is 2.68 bits per heavy atom. The van der Waals surface area contributed by atoms with Crippen LogP contribution in [0.2, 0.25) is 0 Å². The topological polar surface area (TPSA) is 42.7 Å². The molecule has 0 radical (unpaired) electrons. The number of nitrogens with zero attached hydrogens (tertiary/aromatic N) is 3. The van der Waals surface area contributed by atoms with Crippen LogP contribution in [0.15, 0.2) is 60.9 Å². The molecule has 25 heavy (non-hydrogen) atoms. The van der Waals surface area contributed by atoms with Gasteiger partial charge in [0, 0.05) is 29.2 Å². The first-order valence-electron chi connectivity index (χ1n) is 8.04. The Balaban J connectivity index is 1.74. The Kier molecular flexibility index (Phi) is 3.69. The third-order valence-corrected chi connectivity index (χ3v) is 4.28. The van der Waals surface area contributed by atoms with Crippen LogP contribution in [0.25, 0.3) is 16.7 Å². The minimum Gasteiger partial charge on any atom is -0.324 e. The van der Waals surface area contributed by atoms with Gasteiger partial charge in [0.2, 0.25) is 5.95 Å². The van der Waals surface area contributed by atoms with E-state index in [0.29, 0.717) is 5.95 Å². The Morgan fingerprint density at radius 1 is 1.00 bits per heavy atom. The SMILES string of the molecule is Cc1ccc(Nc2ncc3ccn(-c4cccc(F)c4)c3n2)cc1C. The van der Waals surface area contributed by atoms with E-state index >= 15 is 0 Å². The summed E-state index contributed by atoms with van der Waals surface area (Å²) >= 11 is 0. The van der Waals surface area contributed by atoms with Gasteiger partial charge in [-0.2, -0.15) is 4.98 Å². The molecule has 2 aromatic carbocycles. The van der Waals surface area contributed by atoms with E-state index in [-0.39, 0.29) is 5.82 Å². The van der Waals surface area contributed by atoms with Crippen molar-refractivity contribution in [1.29, 1.82) is 0 Å². The van der Waals surface area contributed by atoms with E-state index in [1.165, 1.54) is 23.3 Å². The number of hydrogen-bond donors (Lipinski definition) is 1. The number of anilines is 2. The molecule has 2 aromatic heterocycles. The molecule has 4 aromatic rings. The summed E-state index contributed by atoms with van der Waals surface area (Å²) in [4.78, 5) is 8.98. The second-order valence-electron chi connectivity index (χ2n) is 6.06. The van der Waals surface area contributed by atoms with E-state index in [1.807, 2.05) is 29.0 Å². The molecule has 5 heteroatoms. The highest BCUT2D eigenvalue weighted by atomic mass is 19.1. The Bertz CT molecular complexity index is 1070. The van der Waals surface area contributed by atoms with E-state index in [0.717, 1.165) is 22.4 Å². The summed E-state index contributed by atoms with van der Waals surface area (Å²) in [5.41, 5.74) is 4.83. The average molecular weight is 332 g/mol. The number of benzene rings is 2. The maximum atomic E-state index is 13.5. The molecule has 0 saturated heterocycles. The fraction of sp³-hybridized carbons (Fsp3) is 0.100. The number of aryl methyl sites for hydroxylation is 2. The first-order valence-corrected chi connectivity index (χ1v) is 8.04. The summed E-state index contributed by atoms with van der Waals surface area (Å²) in [6.45, 7) is 4.15. The van der Waals surface area contributed by atoms with Crippen LogP contribution in [0.3, 0.4) is 0 Å². The first kappa shape index (κ1) is 15.3. The standard InChI is InChI=1S/C20H17FN4/c1-13-6-7-17(10-14(13)2)23-20-22-12-15-8-9-25(19(15)24-20)18-5-3-4-16(21)11-18/h3-12H,1-2H3,(H,22,23,24). The zero-order valence-electron chi connectivity index (χ0n) is 14.0. The van der Waals surface area contributed by atoms with E-state index in [4.69, 9.17) is 0 Å². The molecule has 4 rings (SSSR count). The van der Waals surface area contributed by atoms with Crippen LogP contribution in [-0.4, -0.2) is 14.5 Å². The lowest BCUT2D eigenvalue weighted by molar-refractivity contribution is 0.627. The van der Waals surface area contributed by atoms with Crippen molar-refractivity contribution in [3.8, 4) is 5.69 Å². The zero-order chi connectivity index (χ0) is 17.4. The zero-order valence-corrected chi connectivity index (χ0v) is 14.0. The van der Waals surface area contributed by atoms with Crippen molar-refractivity contribution >= 4 is 22.7 Å². The molecule has 0 unspecified atom stereocenters. The highest BCUT2D eigenvalue weighted by Gasteiger charge is 2.08. The molecule has 124 valence electrons. The van der Waals surface area contributed by atoms with Crippen molar-refractivity contribution in [3.63, 3.8) is 0 Å². The second kappa shape index (κ2) is 6.02. The molecule has 0 amide bonds. The number of rotatable bonds is 3. The van der Waals surface area contributed by atoms with Crippen molar-refractivity contribution in [3.05, 3.63) is 77.9 Å². The third kappa shape index (κ3) is 2.96. The number of aromatic nitrogens is 3. The fourth-order valence-electron chi connectivity index (χ4n) is 2.76. The summed E-state index contributed by atoms with van der Waals surface area (Å²) in [6, 6.07) is 14.5. The van der Waals surface area contributed by atoms with E-state index in [1.54, 1.807) is 12.3 Å². The van der Waals surface area contributed by atoms with Crippen LogP contribution in [0.1, 0.15) is 11.1 Å². The van der Waals surface area contributed by atoms with Crippen LogP contribution in [0.5, 0.6) is 0 Å². The predicted octanol–water partition coefficient (Wildman–Crippen LogP) is 4.92. The second-order valence-corrected chi connectivity index (χ2v) is 6.06. The molecule has 2 heterocycles. The molecule has 0 aliphatic rings. The molecule has 0 bridgehead atoms. The predicted molar refractivity (Wildman–Crippen MR) is 98.0 cm³/mol. The van der Waals surface area contributed by atoms with Gasteiger partial charge in [-0.15, -0.1) is 0 Å². The Morgan fingerprint density at radius 2 is 1.88 bits per heavy atom. The van der Waals surface area contributed by atoms with E-state index < -0.39 is 0 Å². The van der Waals surface area contributed by atoms with Crippen LogP contribution >= 0.6 is 0 Å². The minimum atomic E-state index is -0.276. The van der Waals surface area contributed by atoms with E-state index in [9.17, 15) is 4.39 Å². The van der Waals surface area contributed by atoms with Gasteiger partial charge in [-0.3, -0.25) is 0 Å². The van der Waals surface area contributed by atoms with Gasteiger partial charge >= 0.3 is 0 Å². The van der Waals surface area contributed by atoms with Crippen LogP contribution in [0, 0.1) is 19.7 Å². The highest BCUT2D eigenvalue weighted by Crippen LogP contribution is 2.22. The van der Waals surface area contributed by atoms with Crippen LogP contribution in [-0.2, 0) is 0 Å². The van der Waals surface area contributed by atoms with Crippen molar-refractivity contribution < 1.29 is 4.39 Å². The lowest BCUT2D eigenvalue weighted by Gasteiger charge is -2.09. The molecule has 0 saturated carbocycles. The summed E-state index contributed by atoms with van der Waals surface area (Å²) in [7, 11) is 0. The fourth-order valence-corrected chi connectivity index (χ4v) is 2.76. The molecule has 0 atom stereocenters.